The Morgan fingerprint density at radius 1 is 1.30 bits per heavy atom. The Bertz CT molecular complexity index is 356. The fourth-order valence-corrected chi connectivity index (χ4v) is 3.63. The lowest BCUT2D eigenvalue weighted by atomic mass is 9.80. The summed E-state index contributed by atoms with van der Waals surface area (Å²) in [6.45, 7) is 10.5. The predicted molar refractivity (Wildman–Crippen MR) is 83.5 cm³/mol. The Morgan fingerprint density at radius 2 is 2.00 bits per heavy atom. The van der Waals surface area contributed by atoms with E-state index in [9.17, 15) is 4.79 Å². The maximum absolute atomic E-state index is 11.3. The van der Waals surface area contributed by atoms with Gasteiger partial charge >= 0.3 is 0 Å². The van der Waals surface area contributed by atoms with Crippen LogP contribution in [0.3, 0.4) is 0 Å². The summed E-state index contributed by atoms with van der Waals surface area (Å²) in [5.74, 6) is 2.51. The van der Waals surface area contributed by atoms with E-state index in [0.29, 0.717) is 0 Å². The molecule has 0 spiro atoms. The standard InChI is InChI=1S/C17H30N2O/c1-13-5-4-6-14(2)17(13)12-18-11-16-7-9-19(10-8-16)15(3)20/h5,14,16-18H,4,6-12H2,1-3H3/t14-,17-/m0/s1. The van der Waals surface area contributed by atoms with Crippen LogP contribution in [0.2, 0.25) is 0 Å². The van der Waals surface area contributed by atoms with Gasteiger partial charge in [0.1, 0.15) is 0 Å². The van der Waals surface area contributed by atoms with Crippen molar-refractivity contribution in [2.45, 2.75) is 46.5 Å². The van der Waals surface area contributed by atoms with Crippen LogP contribution in [0.5, 0.6) is 0 Å². The van der Waals surface area contributed by atoms with Gasteiger partial charge in [-0.2, -0.15) is 0 Å². The number of rotatable bonds is 4. The summed E-state index contributed by atoms with van der Waals surface area (Å²) >= 11 is 0. The van der Waals surface area contributed by atoms with Gasteiger partial charge < -0.3 is 10.2 Å². The first kappa shape index (κ1) is 15.6. The van der Waals surface area contributed by atoms with Crippen molar-refractivity contribution in [3.05, 3.63) is 11.6 Å². The van der Waals surface area contributed by atoms with Gasteiger partial charge in [0, 0.05) is 26.6 Å². The van der Waals surface area contributed by atoms with Crippen LogP contribution in [0.1, 0.15) is 46.5 Å². The third-order valence-electron chi connectivity index (χ3n) is 5.22. The molecule has 1 aliphatic carbocycles. The average Bonchev–Trinajstić information content (AvgIpc) is 2.42. The minimum absolute atomic E-state index is 0.230. The molecule has 2 atom stereocenters. The lowest BCUT2D eigenvalue weighted by molar-refractivity contribution is -0.130. The summed E-state index contributed by atoms with van der Waals surface area (Å²) < 4.78 is 0. The number of piperidine rings is 1. The predicted octanol–water partition coefficient (Wildman–Crippen LogP) is 2.83. The molecule has 1 saturated heterocycles. The van der Waals surface area contributed by atoms with Gasteiger partial charge in [0.05, 0.1) is 0 Å². The zero-order chi connectivity index (χ0) is 14.5. The summed E-state index contributed by atoms with van der Waals surface area (Å²) in [7, 11) is 0. The lowest BCUT2D eigenvalue weighted by Crippen LogP contribution is -2.40. The maximum Gasteiger partial charge on any atom is 0.219 e. The summed E-state index contributed by atoms with van der Waals surface area (Å²) in [4.78, 5) is 13.3. The molecule has 1 N–H and O–H groups in total. The second-order valence-corrected chi connectivity index (χ2v) is 6.72. The van der Waals surface area contributed by atoms with E-state index in [0.717, 1.165) is 56.8 Å². The molecule has 1 fully saturated rings. The van der Waals surface area contributed by atoms with Gasteiger partial charge in [-0.05, 0) is 56.9 Å². The molecule has 0 unspecified atom stereocenters. The van der Waals surface area contributed by atoms with Crippen molar-refractivity contribution in [2.24, 2.45) is 17.8 Å². The highest BCUT2D eigenvalue weighted by Gasteiger charge is 2.23. The van der Waals surface area contributed by atoms with Crippen molar-refractivity contribution >= 4 is 5.91 Å². The van der Waals surface area contributed by atoms with E-state index in [1.807, 2.05) is 4.90 Å². The maximum atomic E-state index is 11.3. The number of hydrogen-bond donors (Lipinski definition) is 1. The second-order valence-electron chi connectivity index (χ2n) is 6.72. The van der Waals surface area contributed by atoms with Crippen LogP contribution in [-0.2, 0) is 4.79 Å². The highest BCUT2D eigenvalue weighted by Crippen LogP contribution is 2.29. The number of carbonyl (C=O) groups excluding carboxylic acids is 1. The molecule has 0 saturated carbocycles. The zero-order valence-corrected chi connectivity index (χ0v) is 13.3. The molecule has 1 amide bonds. The molecule has 20 heavy (non-hydrogen) atoms. The van der Waals surface area contributed by atoms with Crippen LogP contribution in [0, 0.1) is 17.8 Å². The quantitative estimate of drug-likeness (QED) is 0.802. The third-order valence-corrected chi connectivity index (χ3v) is 5.22. The van der Waals surface area contributed by atoms with E-state index in [4.69, 9.17) is 0 Å². The minimum atomic E-state index is 0.230. The molecule has 0 aromatic heterocycles. The monoisotopic (exact) mass is 278 g/mol. The first-order valence-corrected chi connectivity index (χ1v) is 8.20. The van der Waals surface area contributed by atoms with Crippen molar-refractivity contribution in [3.8, 4) is 0 Å². The van der Waals surface area contributed by atoms with Crippen molar-refractivity contribution in [1.29, 1.82) is 0 Å². The molecule has 0 radical (unpaired) electrons. The molecule has 2 rings (SSSR count). The highest BCUT2D eigenvalue weighted by molar-refractivity contribution is 5.73. The topological polar surface area (TPSA) is 32.3 Å². The Hall–Kier alpha value is -0.830. The van der Waals surface area contributed by atoms with Crippen molar-refractivity contribution in [3.63, 3.8) is 0 Å². The molecule has 0 aromatic rings. The Morgan fingerprint density at radius 3 is 2.60 bits per heavy atom. The van der Waals surface area contributed by atoms with Crippen LogP contribution < -0.4 is 5.32 Å². The number of allylic oxidation sites excluding steroid dienone is 1. The van der Waals surface area contributed by atoms with Gasteiger partial charge in [-0.3, -0.25) is 4.79 Å². The van der Waals surface area contributed by atoms with Crippen LogP contribution in [0.15, 0.2) is 11.6 Å². The van der Waals surface area contributed by atoms with Gasteiger partial charge in [0.25, 0.3) is 0 Å². The molecule has 1 aliphatic heterocycles. The fourth-order valence-electron chi connectivity index (χ4n) is 3.63. The molecular formula is C17H30N2O. The van der Waals surface area contributed by atoms with Gasteiger partial charge in [-0.15, -0.1) is 0 Å². The Balaban J connectivity index is 1.68. The molecule has 1 heterocycles. The molecule has 114 valence electrons. The average molecular weight is 278 g/mol. The van der Waals surface area contributed by atoms with Gasteiger partial charge in [0.15, 0.2) is 0 Å². The highest BCUT2D eigenvalue weighted by atomic mass is 16.2. The minimum Gasteiger partial charge on any atom is -0.343 e. The first-order chi connectivity index (χ1) is 9.58. The van der Waals surface area contributed by atoms with E-state index in [1.165, 1.54) is 12.8 Å². The first-order valence-electron chi connectivity index (χ1n) is 8.20. The third kappa shape index (κ3) is 4.08. The molecule has 2 aliphatic rings. The number of carbonyl (C=O) groups is 1. The smallest absolute Gasteiger partial charge is 0.219 e. The van der Waals surface area contributed by atoms with E-state index in [-0.39, 0.29) is 5.91 Å². The van der Waals surface area contributed by atoms with Crippen molar-refractivity contribution < 1.29 is 4.79 Å². The lowest BCUT2D eigenvalue weighted by Gasteiger charge is -2.33. The molecule has 3 heteroatoms. The SMILES string of the molecule is CC(=O)N1CCC(CNC[C@H]2C(C)=CCC[C@@H]2C)CC1. The number of nitrogens with zero attached hydrogens (tertiary/aromatic N) is 1. The summed E-state index contributed by atoms with van der Waals surface area (Å²) in [6.07, 6.45) is 7.31. The molecule has 0 bridgehead atoms. The molecule has 3 nitrogen and oxygen atoms in total. The van der Waals surface area contributed by atoms with Crippen molar-refractivity contribution in [1.82, 2.24) is 10.2 Å². The van der Waals surface area contributed by atoms with E-state index < -0.39 is 0 Å². The Kier molecular flexibility index (Phi) is 5.64. The second kappa shape index (κ2) is 7.26. The van der Waals surface area contributed by atoms with Gasteiger partial charge in [-0.1, -0.05) is 18.6 Å². The van der Waals surface area contributed by atoms with E-state index >= 15 is 0 Å². The largest absolute Gasteiger partial charge is 0.343 e. The van der Waals surface area contributed by atoms with Crippen LogP contribution in [0.25, 0.3) is 0 Å². The molecule has 0 aromatic carbocycles. The van der Waals surface area contributed by atoms with E-state index in [1.54, 1.807) is 12.5 Å². The number of amides is 1. The van der Waals surface area contributed by atoms with Crippen LogP contribution in [0.4, 0.5) is 0 Å². The van der Waals surface area contributed by atoms with Gasteiger partial charge in [0.2, 0.25) is 5.91 Å². The summed E-state index contributed by atoms with van der Waals surface area (Å²) in [5.41, 5.74) is 1.57. The fraction of sp³-hybridized carbons (Fsp3) is 0.824. The zero-order valence-electron chi connectivity index (χ0n) is 13.3. The van der Waals surface area contributed by atoms with Crippen LogP contribution >= 0.6 is 0 Å². The normalized spacial score (nSPS) is 28.4. The molecular weight excluding hydrogens is 248 g/mol. The summed E-state index contributed by atoms with van der Waals surface area (Å²) in [5, 5.41) is 3.69. The van der Waals surface area contributed by atoms with Gasteiger partial charge in [-0.25, -0.2) is 0 Å². The van der Waals surface area contributed by atoms with Crippen LogP contribution in [-0.4, -0.2) is 37.0 Å². The number of hydrogen-bond acceptors (Lipinski definition) is 2. The summed E-state index contributed by atoms with van der Waals surface area (Å²) in [6, 6.07) is 0. The van der Waals surface area contributed by atoms with Crippen molar-refractivity contribution in [2.75, 3.05) is 26.2 Å². The Labute approximate surface area is 123 Å². The van der Waals surface area contributed by atoms with E-state index in [2.05, 4.69) is 25.2 Å². The number of likely N-dealkylation sites (tertiary alicyclic amines) is 1. The number of nitrogens with one attached hydrogen (secondary N) is 1.